The molecule has 0 aromatic heterocycles. The molecule has 1 aromatic rings. The second-order valence-corrected chi connectivity index (χ2v) is 7.08. The second-order valence-electron chi connectivity index (χ2n) is 7.08. The van der Waals surface area contributed by atoms with Gasteiger partial charge in [0.25, 0.3) is 6.17 Å². The van der Waals surface area contributed by atoms with Crippen molar-refractivity contribution in [1.29, 1.82) is 0 Å². The zero-order valence-corrected chi connectivity index (χ0v) is 15.4. The van der Waals surface area contributed by atoms with Gasteiger partial charge in [0.1, 0.15) is 0 Å². The van der Waals surface area contributed by atoms with Crippen LogP contribution < -0.4 is 4.74 Å². The lowest BCUT2D eigenvalue weighted by molar-refractivity contribution is -0.305. The number of alkyl halides is 6. The number of halogens is 7. The van der Waals surface area contributed by atoms with Crippen molar-refractivity contribution in [3.63, 3.8) is 0 Å². The third kappa shape index (κ3) is 6.25. The maximum Gasteiger partial charge on any atom is 0.439 e. The zero-order chi connectivity index (χ0) is 20.9. The summed E-state index contributed by atoms with van der Waals surface area (Å²) in [5, 5.41) is 0. The van der Waals surface area contributed by atoms with E-state index in [9.17, 15) is 30.7 Å². The summed E-state index contributed by atoms with van der Waals surface area (Å²) in [6.45, 7) is 2.17. The van der Waals surface area contributed by atoms with Crippen LogP contribution in [0.15, 0.2) is 18.2 Å². The Morgan fingerprint density at radius 3 is 2.25 bits per heavy atom. The predicted molar refractivity (Wildman–Crippen MR) is 88.4 cm³/mol. The van der Waals surface area contributed by atoms with Crippen molar-refractivity contribution in [3.05, 3.63) is 29.6 Å². The van der Waals surface area contributed by atoms with E-state index in [1.54, 1.807) is 0 Å². The van der Waals surface area contributed by atoms with Crippen LogP contribution in [-0.4, -0.2) is 24.6 Å². The highest BCUT2D eigenvalue weighted by Gasteiger charge is 2.59. The van der Waals surface area contributed by atoms with Gasteiger partial charge in [-0.1, -0.05) is 25.8 Å². The van der Waals surface area contributed by atoms with E-state index in [0.717, 1.165) is 44.2 Å². The molecule has 28 heavy (non-hydrogen) atoms. The highest BCUT2D eigenvalue weighted by atomic mass is 19.4. The topological polar surface area (TPSA) is 18.5 Å². The number of hydrogen-bond acceptors (Lipinski definition) is 2. The fourth-order valence-corrected chi connectivity index (χ4v) is 3.32. The molecule has 0 heterocycles. The van der Waals surface area contributed by atoms with Gasteiger partial charge in [-0.05, 0) is 49.3 Å². The van der Waals surface area contributed by atoms with E-state index in [2.05, 4.69) is 11.7 Å². The van der Waals surface area contributed by atoms with E-state index in [0.29, 0.717) is 11.5 Å². The van der Waals surface area contributed by atoms with Gasteiger partial charge in [-0.25, -0.2) is 8.78 Å². The van der Waals surface area contributed by atoms with Crippen LogP contribution in [-0.2, 0) is 11.3 Å². The Bertz CT molecular complexity index is 625. The molecule has 1 saturated carbocycles. The summed E-state index contributed by atoms with van der Waals surface area (Å²) in [6, 6.07) is 2.76. The minimum atomic E-state index is -5.83. The van der Waals surface area contributed by atoms with Crippen LogP contribution >= 0.6 is 0 Å². The fraction of sp³-hybridized carbons (Fsp3) is 0.684. The van der Waals surface area contributed by atoms with Gasteiger partial charge < -0.3 is 9.47 Å². The van der Waals surface area contributed by atoms with Crippen LogP contribution in [0.1, 0.15) is 51.0 Å². The van der Waals surface area contributed by atoms with Crippen molar-refractivity contribution < 1.29 is 40.2 Å². The lowest BCUT2D eigenvalue weighted by atomic mass is 9.85. The molecule has 1 aliphatic carbocycles. The quantitative estimate of drug-likeness (QED) is 0.446. The molecule has 0 spiro atoms. The number of benzene rings is 1. The average Bonchev–Trinajstić information content (AvgIpc) is 2.62. The molecule has 0 N–H and O–H groups in total. The molecule has 1 unspecified atom stereocenters. The van der Waals surface area contributed by atoms with E-state index in [4.69, 9.17) is 4.74 Å². The Hall–Kier alpha value is -1.51. The van der Waals surface area contributed by atoms with Crippen molar-refractivity contribution in [1.82, 2.24) is 0 Å². The van der Waals surface area contributed by atoms with E-state index in [-0.39, 0.29) is 12.7 Å². The van der Waals surface area contributed by atoms with Gasteiger partial charge in [0, 0.05) is 0 Å². The monoisotopic (exact) mass is 416 g/mol. The standard InChI is InChI=1S/C19H23F7O2/c1-2-3-12-4-7-14(8-5-12)27-11-13-6-9-16(15(20)10-13)28-19(25,26)17(21)18(22,23)24/h6,9-10,12,14,17H,2-5,7-8,11H2,1H3. The fourth-order valence-electron chi connectivity index (χ4n) is 3.32. The summed E-state index contributed by atoms with van der Waals surface area (Å²) in [5.74, 6) is -1.79. The van der Waals surface area contributed by atoms with Gasteiger partial charge in [-0.3, -0.25) is 0 Å². The van der Waals surface area contributed by atoms with Crippen LogP contribution in [0, 0.1) is 11.7 Å². The summed E-state index contributed by atoms with van der Waals surface area (Å²) < 4.78 is 99.0. The molecule has 1 atom stereocenters. The first-order valence-electron chi connectivity index (χ1n) is 9.20. The summed E-state index contributed by atoms with van der Waals surface area (Å²) in [6.07, 6.45) is -9.42. The first-order valence-corrected chi connectivity index (χ1v) is 9.20. The predicted octanol–water partition coefficient (Wildman–Crippen LogP) is 6.57. The van der Waals surface area contributed by atoms with Gasteiger partial charge in [0.2, 0.25) is 0 Å². The molecule has 0 bridgehead atoms. The lowest BCUT2D eigenvalue weighted by Crippen LogP contribution is -2.45. The summed E-state index contributed by atoms with van der Waals surface area (Å²) in [7, 11) is 0. The van der Waals surface area contributed by atoms with E-state index in [1.165, 1.54) is 12.5 Å². The normalized spacial score (nSPS) is 22.1. The molecular weight excluding hydrogens is 393 g/mol. The highest BCUT2D eigenvalue weighted by molar-refractivity contribution is 5.29. The van der Waals surface area contributed by atoms with Gasteiger partial charge in [-0.15, -0.1) is 0 Å². The summed E-state index contributed by atoms with van der Waals surface area (Å²) >= 11 is 0. The van der Waals surface area contributed by atoms with Crippen molar-refractivity contribution in [2.75, 3.05) is 0 Å². The lowest BCUT2D eigenvalue weighted by Gasteiger charge is -2.28. The number of rotatable bonds is 8. The van der Waals surface area contributed by atoms with Crippen LogP contribution in [0.25, 0.3) is 0 Å². The van der Waals surface area contributed by atoms with Crippen molar-refractivity contribution in [2.45, 2.75) is 76.6 Å². The Morgan fingerprint density at radius 2 is 1.71 bits per heavy atom. The largest absolute Gasteiger partial charge is 0.439 e. The van der Waals surface area contributed by atoms with E-state index < -0.39 is 30.0 Å². The van der Waals surface area contributed by atoms with Crippen LogP contribution in [0.2, 0.25) is 0 Å². The van der Waals surface area contributed by atoms with Crippen LogP contribution in [0.4, 0.5) is 30.7 Å². The maximum atomic E-state index is 13.9. The first kappa shape index (κ1) is 22.8. The maximum absolute atomic E-state index is 13.9. The number of hydrogen-bond donors (Lipinski definition) is 0. The molecule has 9 heteroatoms. The molecule has 1 aliphatic rings. The van der Waals surface area contributed by atoms with Crippen molar-refractivity contribution in [3.8, 4) is 5.75 Å². The molecule has 2 rings (SSSR count). The van der Waals surface area contributed by atoms with Gasteiger partial charge >= 0.3 is 12.3 Å². The van der Waals surface area contributed by atoms with E-state index in [1.807, 2.05) is 0 Å². The van der Waals surface area contributed by atoms with E-state index >= 15 is 0 Å². The van der Waals surface area contributed by atoms with Crippen molar-refractivity contribution in [2.24, 2.45) is 5.92 Å². The molecule has 1 fully saturated rings. The van der Waals surface area contributed by atoms with Crippen LogP contribution in [0.5, 0.6) is 5.75 Å². The average molecular weight is 416 g/mol. The molecule has 160 valence electrons. The molecule has 0 radical (unpaired) electrons. The molecule has 0 saturated heterocycles. The molecule has 2 nitrogen and oxygen atoms in total. The highest BCUT2D eigenvalue weighted by Crippen LogP contribution is 2.37. The molecule has 0 amide bonds. The Kier molecular flexibility index (Phi) is 7.59. The summed E-state index contributed by atoms with van der Waals surface area (Å²) in [4.78, 5) is 0. The zero-order valence-electron chi connectivity index (χ0n) is 15.4. The molecule has 0 aliphatic heterocycles. The first-order chi connectivity index (χ1) is 13.0. The van der Waals surface area contributed by atoms with Crippen LogP contribution in [0.3, 0.4) is 0 Å². The Morgan fingerprint density at radius 1 is 1.07 bits per heavy atom. The molecular formula is C19H23F7O2. The Labute approximate surface area is 159 Å². The molecule has 1 aromatic carbocycles. The third-order valence-corrected chi connectivity index (χ3v) is 4.80. The van der Waals surface area contributed by atoms with Gasteiger partial charge in [-0.2, -0.15) is 22.0 Å². The summed E-state index contributed by atoms with van der Waals surface area (Å²) in [5.41, 5.74) is 0.316. The smallest absolute Gasteiger partial charge is 0.427 e. The second kappa shape index (κ2) is 9.33. The SMILES string of the molecule is CCCC1CCC(OCc2ccc(OC(F)(F)C(F)C(F)(F)F)c(F)c2)CC1. The third-order valence-electron chi connectivity index (χ3n) is 4.80. The van der Waals surface area contributed by atoms with Gasteiger partial charge in [0.15, 0.2) is 11.6 Å². The Balaban J connectivity index is 1.90. The van der Waals surface area contributed by atoms with Crippen molar-refractivity contribution >= 4 is 0 Å². The minimum Gasteiger partial charge on any atom is -0.427 e. The number of ether oxygens (including phenoxy) is 2. The minimum absolute atomic E-state index is 0.0236. The van der Waals surface area contributed by atoms with Gasteiger partial charge in [0.05, 0.1) is 12.7 Å².